The van der Waals surface area contributed by atoms with Gasteiger partial charge in [-0.05, 0) is 30.9 Å². The molecule has 0 heterocycles. The highest BCUT2D eigenvalue weighted by Gasteiger charge is 2.33. The van der Waals surface area contributed by atoms with E-state index in [9.17, 15) is 32.9 Å². The molecule has 1 aliphatic rings. The van der Waals surface area contributed by atoms with Gasteiger partial charge in [0.1, 0.15) is 12.2 Å². The molecule has 0 saturated heterocycles. The van der Waals surface area contributed by atoms with Gasteiger partial charge in [0, 0.05) is 12.1 Å². The Labute approximate surface area is 164 Å². The average Bonchev–Trinajstić information content (AvgIpc) is 2.65. The Morgan fingerprint density at radius 2 is 1.97 bits per heavy atom. The molecular formula is C18H22F3N3O5. The van der Waals surface area contributed by atoms with E-state index in [-0.39, 0.29) is 11.7 Å². The quantitative estimate of drug-likeness (QED) is 0.400. The maximum absolute atomic E-state index is 12.7. The number of benzene rings is 1. The van der Waals surface area contributed by atoms with E-state index >= 15 is 0 Å². The summed E-state index contributed by atoms with van der Waals surface area (Å²) in [4.78, 5) is 33.7. The standard InChI is InChI=1S/C18H22F3N3O5/c1-11-4-2-3-5-13(11)23-16(25)10-29-17(26)9-22-14-7-6-12(18(19,20)21)8-15(14)24(27)28/h6-8,11,13,22H,2-5,9-10H2,1H3,(H,23,25)/t11-,13+/m1/s1. The van der Waals surface area contributed by atoms with Crippen LogP contribution in [0.5, 0.6) is 0 Å². The van der Waals surface area contributed by atoms with Gasteiger partial charge in [-0.2, -0.15) is 13.2 Å². The summed E-state index contributed by atoms with van der Waals surface area (Å²) in [5.74, 6) is -0.978. The van der Waals surface area contributed by atoms with Crippen molar-refractivity contribution in [1.82, 2.24) is 5.32 Å². The molecule has 1 aliphatic carbocycles. The van der Waals surface area contributed by atoms with Gasteiger partial charge in [0.2, 0.25) is 0 Å². The highest BCUT2D eigenvalue weighted by molar-refractivity contribution is 5.82. The van der Waals surface area contributed by atoms with Crippen LogP contribution < -0.4 is 10.6 Å². The Morgan fingerprint density at radius 3 is 2.59 bits per heavy atom. The van der Waals surface area contributed by atoms with Crippen LogP contribution >= 0.6 is 0 Å². The van der Waals surface area contributed by atoms with Gasteiger partial charge < -0.3 is 15.4 Å². The first-order valence-electron chi connectivity index (χ1n) is 9.12. The number of hydrogen-bond donors (Lipinski definition) is 2. The highest BCUT2D eigenvalue weighted by Crippen LogP contribution is 2.34. The summed E-state index contributed by atoms with van der Waals surface area (Å²) < 4.78 is 42.9. The molecule has 0 aliphatic heterocycles. The summed E-state index contributed by atoms with van der Waals surface area (Å²) in [7, 11) is 0. The van der Waals surface area contributed by atoms with Crippen LogP contribution in [-0.2, 0) is 20.5 Å². The predicted molar refractivity (Wildman–Crippen MR) is 97.1 cm³/mol. The lowest BCUT2D eigenvalue weighted by atomic mass is 9.86. The van der Waals surface area contributed by atoms with Crippen molar-refractivity contribution in [3.63, 3.8) is 0 Å². The number of nitrogens with zero attached hydrogens (tertiary/aromatic N) is 1. The maximum Gasteiger partial charge on any atom is 0.416 e. The number of hydrogen-bond acceptors (Lipinski definition) is 6. The van der Waals surface area contributed by atoms with E-state index in [4.69, 9.17) is 4.74 Å². The molecule has 29 heavy (non-hydrogen) atoms. The van der Waals surface area contributed by atoms with Crippen molar-refractivity contribution < 1.29 is 32.4 Å². The third-order valence-corrected chi connectivity index (χ3v) is 4.77. The molecular weight excluding hydrogens is 395 g/mol. The molecule has 1 aromatic rings. The van der Waals surface area contributed by atoms with Crippen LogP contribution in [0.15, 0.2) is 18.2 Å². The number of nitro groups is 1. The first-order chi connectivity index (χ1) is 13.6. The Hall–Kier alpha value is -2.85. The molecule has 160 valence electrons. The first-order valence-corrected chi connectivity index (χ1v) is 9.12. The number of nitro benzene ring substituents is 1. The van der Waals surface area contributed by atoms with E-state index in [0.717, 1.165) is 31.7 Å². The number of halogens is 3. The number of nitrogens with one attached hydrogen (secondary N) is 2. The minimum atomic E-state index is -4.73. The number of anilines is 1. The summed E-state index contributed by atoms with van der Waals surface area (Å²) >= 11 is 0. The molecule has 2 rings (SSSR count). The van der Waals surface area contributed by atoms with Gasteiger partial charge in [-0.1, -0.05) is 19.8 Å². The van der Waals surface area contributed by atoms with Crippen molar-refractivity contribution >= 4 is 23.3 Å². The SMILES string of the molecule is C[C@@H]1CCCC[C@@H]1NC(=O)COC(=O)CNc1ccc(C(F)(F)F)cc1[N+](=O)[O-]. The first kappa shape index (κ1) is 22.4. The summed E-state index contributed by atoms with van der Waals surface area (Å²) in [5, 5.41) is 16.2. The molecule has 1 aromatic carbocycles. The van der Waals surface area contributed by atoms with Crippen LogP contribution in [0.3, 0.4) is 0 Å². The Bertz CT molecular complexity index is 770. The van der Waals surface area contributed by atoms with E-state index in [2.05, 4.69) is 10.6 Å². The largest absolute Gasteiger partial charge is 0.454 e. The van der Waals surface area contributed by atoms with E-state index in [1.807, 2.05) is 6.92 Å². The number of alkyl halides is 3. The maximum atomic E-state index is 12.7. The van der Waals surface area contributed by atoms with Gasteiger partial charge >= 0.3 is 12.1 Å². The summed E-state index contributed by atoms with van der Waals surface area (Å²) in [6.07, 6.45) is -0.721. The fourth-order valence-electron chi connectivity index (χ4n) is 3.15. The third kappa shape index (κ3) is 6.61. The summed E-state index contributed by atoms with van der Waals surface area (Å²) in [6, 6.07) is 1.94. The highest BCUT2D eigenvalue weighted by atomic mass is 19.4. The number of carbonyl (C=O) groups excluding carboxylic acids is 2. The molecule has 1 amide bonds. The minimum Gasteiger partial charge on any atom is -0.454 e. The van der Waals surface area contributed by atoms with Gasteiger partial charge in [-0.15, -0.1) is 0 Å². The van der Waals surface area contributed by atoms with Crippen LogP contribution in [-0.4, -0.2) is 36.0 Å². The van der Waals surface area contributed by atoms with Gasteiger partial charge in [0.05, 0.1) is 10.5 Å². The topological polar surface area (TPSA) is 111 Å². The average molecular weight is 417 g/mol. The number of esters is 1. The van der Waals surface area contributed by atoms with Crippen molar-refractivity contribution in [2.45, 2.75) is 44.8 Å². The van der Waals surface area contributed by atoms with Gasteiger partial charge in [0.15, 0.2) is 6.61 Å². The van der Waals surface area contributed by atoms with Crippen molar-refractivity contribution in [3.8, 4) is 0 Å². The molecule has 0 spiro atoms. The molecule has 11 heteroatoms. The van der Waals surface area contributed by atoms with Gasteiger partial charge in [0.25, 0.3) is 11.6 Å². The number of carbonyl (C=O) groups is 2. The third-order valence-electron chi connectivity index (χ3n) is 4.77. The molecule has 0 unspecified atom stereocenters. The van der Waals surface area contributed by atoms with Crippen molar-refractivity contribution in [3.05, 3.63) is 33.9 Å². The van der Waals surface area contributed by atoms with E-state index < -0.39 is 47.4 Å². The monoisotopic (exact) mass is 417 g/mol. The van der Waals surface area contributed by atoms with Crippen LogP contribution in [0.25, 0.3) is 0 Å². The van der Waals surface area contributed by atoms with E-state index in [0.29, 0.717) is 18.1 Å². The lowest BCUT2D eigenvalue weighted by Gasteiger charge is -2.29. The smallest absolute Gasteiger partial charge is 0.416 e. The second kappa shape index (κ2) is 9.57. The summed E-state index contributed by atoms with van der Waals surface area (Å²) in [6.45, 7) is 0.995. The lowest BCUT2D eigenvalue weighted by Crippen LogP contribution is -2.43. The fraction of sp³-hybridized carbons (Fsp3) is 0.556. The normalized spacial score (nSPS) is 19.3. The van der Waals surface area contributed by atoms with Crippen molar-refractivity contribution in [2.24, 2.45) is 5.92 Å². The molecule has 2 N–H and O–H groups in total. The zero-order valence-corrected chi connectivity index (χ0v) is 15.8. The lowest BCUT2D eigenvalue weighted by molar-refractivity contribution is -0.384. The second-order valence-corrected chi connectivity index (χ2v) is 6.94. The number of ether oxygens (including phenoxy) is 1. The number of rotatable bonds is 7. The van der Waals surface area contributed by atoms with Crippen LogP contribution in [0.2, 0.25) is 0 Å². The second-order valence-electron chi connectivity index (χ2n) is 6.94. The van der Waals surface area contributed by atoms with Crippen LogP contribution in [0.1, 0.15) is 38.2 Å². The van der Waals surface area contributed by atoms with Gasteiger partial charge in [-0.25, -0.2) is 0 Å². The zero-order valence-electron chi connectivity index (χ0n) is 15.8. The molecule has 0 radical (unpaired) electrons. The van der Waals surface area contributed by atoms with Crippen LogP contribution in [0, 0.1) is 16.0 Å². The molecule has 2 atom stereocenters. The Balaban J connectivity index is 1.85. The Morgan fingerprint density at radius 1 is 1.28 bits per heavy atom. The van der Waals surface area contributed by atoms with Gasteiger partial charge in [-0.3, -0.25) is 19.7 Å². The summed E-state index contributed by atoms with van der Waals surface area (Å²) in [5.41, 5.74) is -2.26. The Kier molecular flexibility index (Phi) is 7.40. The zero-order chi connectivity index (χ0) is 21.6. The molecule has 0 bridgehead atoms. The van der Waals surface area contributed by atoms with E-state index in [1.54, 1.807) is 0 Å². The predicted octanol–water partition coefficient (Wildman–Crippen LogP) is 3.26. The van der Waals surface area contributed by atoms with Crippen LogP contribution in [0.4, 0.5) is 24.5 Å². The van der Waals surface area contributed by atoms with Crippen molar-refractivity contribution in [2.75, 3.05) is 18.5 Å². The molecule has 1 saturated carbocycles. The number of amides is 1. The molecule has 0 aromatic heterocycles. The molecule has 8 nitrogen and oxygen atoms in total. The molecule has 1 fully saturated rings. The minimum absolute atomic E-state index is 0.0304. The van der Waals surface area contributed by atoms with Crippen molar-refractivity contribution in [1.29, 1.82) is 0 Å². The fourth-order valence-corrected chi connectivity index (χ4v) is 3.15. The van der Waals surface area contributed by atoms with E-state index in [1.165, 1.54) is 0 Å².